The molecule has 0 bridgehead atoms. The Morgan fingerprint density at radius 1 is 1.29 bits per heavy atom. The van der Waals surface area contributed by atoms with Crippen LogP contribution in [0, 0.1) is 24.0 Å². The molecule has 1 N–H and O–H groups in total. The molecule has 0 spiro atoms. The van der Waals surface area contributed by atoms with E-state index in [9.17, 15) is 15.3 Å². The topological polar surface area (TPSA) is 81.2 Å². The van der Waals surface area contributed by atoms with E-state index in [-0.39, 0.29) is 5.69 Å². The van der Waals surface area contributed by atoms with Gasteiger partial charge in [0.1, 0.15) is 0 Å². The average Bonchev–Trinajstić information content (AvgIpc) is 2.57. The fraction of sp³-hybridized carbons (Fsp3) is 0.182. The van der Waals surface area contributed by atoms with Crippen LogP contribution in [0.15, 0.2) is 24.3 Å². The van der Waals surface area contributed by atoms with Crippen LogP contribution in [0.1, 0.15) is 11.4 Å². The Morgan fingerprint density at radius 2 is 1.88 bits per heavy atom. The lowest BCUT2D eigenvalue weighted by molar-refractivity contribution is -0.384. The maximum atomic E-state index is 10.5. The monoisotopic (exact) mass is 233 g/mol. The Hall–Kier alpha value is -2.37. The van der Waals surface area contributed by atoms with E-state index < -0.39 is 4.92 Å². The van der Waals surface area contributed by atoms with Crippen molar-refractivity contribution in [3.05, 3.63) is 45.8 Å². The summed E-state index contributed by atoms with van der Waals surface area (Å²) in [4.78, 5) is 14.2. The van der Waals surface area contributed by atoms with E-state index in [1.54, 1.807) is 26.0 Å². The summed E-state index contributed by atoms with van der Waals surface area (Å²) in [7, 11) is 0. The van der Waals surface area contributed by atoms with Crippen molar-refractivity contribution >= 4 is 5.69 Å². The Balaban J connectivity index is 2.47. The third-order valence-corrected chi connectivity index (χ3v) is 2.65. The molecule has 6 heteroatoms. The highest BCUT2D eigenvalue weighted by molar-refractivity contribution is 5.58. The summed E-state index contributed by atoms with van der Waals surface area (Å²) < 4.78 is 0.983. The zero-order chi connectivity index (χ0) is 12.6. The molecule has 0 amide bonds. The summed E-state index contributed by atoms with van der Waals surface area (Å²) in [5.74, 6) is 0.384. The summed E-state index contributed by atoms with van der Waals surface area (Å²) in [5, 5.41) is 20.3. The maximum absolute atomic E-state index is 10.5. The summed E-state index contributed by atoms with van der Waals surface area (Å²) in [6.07, 6.45) is 0. The highest BCUT2D eigenvalue weighted by Crippen LogP contribution is 2.22. The first-order chi connectivity index (χ1) is 8.00. The molecule has 0 aliphatic carbocycles. The van der Waals surface area contributed by atoms with Gasteiger partial charge in [-0.25, -0.2) is 4.98 Å². The van der Waals surface area contributed by atoms with Crippen LogP contribution in [0.2, 0.25) is 0 Å². The Kier molecular flexibility index (Phi) is 2.55. The average molecular weight is 233 g/mol. The molecule has 0 radical (unpaired) electrons. The predicted molar refractivity (Wildman–Crippen MR) is 61.0 cm³/mol. The van der Waals surface area contributed by atoms with Crippen molar-refractivity contribution in [1.82, 2.24) is 9.71 Å². The second-order valence-corrected chi connectivity index (χ2v) is 3.72. The third kappa shape index (κ3) is 1.84. The number of nitro groups is 1. The van der Waals surface area contributed by atoms with Crippen LogP contribution in [-0.2, 0) is 0 Å². The molecule has 2 rings (SSSR count). The van der Waals surface area contributed by atoms with Gasteiger partial charge in [-0.05, 0) is 26.0 Å². The molecular weight excluding hydrogens is 222 g/mol. The molecule has 0 fully saturated rings. The quantitative estimate of drug-likeness (QED) is 0.490. The molecule has 0 saturated heterocycles. The first-order valence-corrected chi connectivity index (χ1v) is 5.00. The molecule has 88 valence electrons. The van der Waals surface area contributed by atoms with Crippen molar-refractivity contribution in [3.8, 4) is 11.4 Å². The number of aromatic nitrogens is 2. The van der Waals surface area contributed by atoms with Crippen LogP contribution >= 0.6 is 0 Å². The maximum Gasteiger partial charge on any atom is 0.269 e. The van der Waals surface area contributed by atoms with E-state index in [1.807, 2.05) is 0 Å². The van der Waals surface area contributed by atoms with Gasteiger partial charge in [0, 0.05) is 17.7 Å². The zero-order valence-electron chi connectivity index (χ0n) is 9.41. The molecule has 0 unspecified atom stereocenters. The molecule has 2 aromatic rings. The molecule has 0 aliphatic heterocycles. The highest BCUT2D eigenvalue weighted by Gasteiger charge is 2.13. The molecule has 0 saturated carbocycles. The summed E-state index contributed by atoms with van der Waals surface area (Å²) in [6, 6.07) is 5.89. The minimum absolute atomic E-state index is 0.0123. The second kappa shape index (κ2) is 3.89. The number of nitro benzene ring substituents is 1. The van der Waals surface area contributed by atoms with E-state index in [0.29, 0.717) is 17.1 Å². The van der Waals surface area contributed by atoms with Gasteiger partial charge >= 0.3 is 0 Å². The minimum atomic E-state index is -0.467. The van der Waals surface area contributed by atoms with Crippen molar-refractivity contribution < 1.29 is 10.1 Å². The van der Waals surface area contributed by atoms with E-state index in [0.717, 1.165) is 10.4 Å². The Bertz CT molecular complexity index is 572. The number of non-ortho nitro benzene ring substituents is 1. The molecule has 0 aliphatic rings. The van der Waals surface area contributed by atoms with Gasteiger partial charge < -0.3 is 5.21 Å². The lowest BCUT2D eigenvalue weighted by Crippen LogP contribution is -1.96. The van der Waals surface area contributed by atoms with Crippen molar-refractivity contribution in [2.24, 2.45) is 0 Å². The van der Waals surface area contributed by atoms with Crippen LogP contribution in [0.4, 0.5) is 5.69 Å². The molecule has 6 nitrogen and oxygen atoms in total. The summed E-state index contributed by atoms with van der Waals surface area (Å²) >= 11 is 0. The van der Waals surface area contributed by atoms with Crippen LogP contribution in [0.25, 0.3) is 11.4 Å². The van der Waals surface area contributed by atoms with E-state index in [4.69, 9.17) is 0 Å². The SMILES string of the molecule is Cc1nc(-c2ccc([N+](=O)[O-])cc2)n(O)c1C. The van der Waals surface area contributed by atoms with E-state index >= 15 is 0 Å². The number of imidazole rings is 1. The third-order valence-electron chi connectivity index (χ3n) is 2.65. The van der Waals surface area contributed by atoms with Gasteiger partial charge in [0.15, 0.2) is 5.82 Å². The first kappa shape index (κ1) is 11.1. The first-order valence-electron chi connectivity index (χ1n) is 5.00. The van der Waals surface area contributed by atoms with Crippen molar-refractivity contribution in [1.29, 1.82) is 0 Å². The second-order valence-electron chi connectivity index (χ2n) is 3.72. The number of rotatable bonds is 2. The lowest BCUT2D eigenvalue weighted by Gasteiger charge is -2.01. The number of aryl methyl sites for hydroxylation is 1. The number of benzene rings is 1. The molecule has 1 heterocycles. The summed E-state index contributed by atoms with van der Waals surface area (Å²) in [6.45, 7) is 3.54. The van der Waals surface area contributed by atoms with Gasteiger partial charge in [0.2, 0.25) is 0 Å². The zero-order valence-corrected chi connectivity index (χ0v) is 9.41. The van der Waals surface area contributed by atoms with E-state index in [2.05, 4.69) is 4.98 Å². The van der Waals surface area contributed by atoms with Crippen LogP contribution in [-0.4, -0.2) is 19.8 Å². The van der Waals surface area contributed by atoms with Gasteiger partial charge in [0.25, 0.3) is 5.69 Å². The van der Waals surface area contributed by atoms with Gasteiger partial charge in [0.05, 0.1) is 16.3 Å². The van der Waals surface area contributed by atoms with Crippen molar-refractivity contribution in [3.63, 3.8) is 0 Å². The fourth-order valence-electron chi connectivity index (χ4n) is 1.52. The largest absolute Gasteiger partial charge is 0.427 e. The van der Waals surface area contributed by atoms with Gasteiger partial charge in [-0.3, -0.25) is 10.1 Å². The standard InChI is InChI=1S/C11H11N3O3/c1-7-8(2)13(15)11(12-7)9-3-5-10(6-4-9)14(16)17/h3-6,15H,1-2H3. The Morgan fingerprint density at radius 3 is 2.29 bits per heavy atom. The van der Waals surface area contributed by atoms with Gasteiger partial charge in [-0.15, -0.1) is 0 Å². The number of hydrogen-bond acceptors (Lipinski definition) is 4. The van der Waals surface area contributed by atoms with Crippen molar-refractivity contribution in [2.75, 3.05) is 0 Å². The van der Waals surface area contributed by atoms with Crippen LogP contribution in [0.5, 0.6) is 0 Å². The predicted octanol–water partition coefficient (Wildman–Crippen LogP) is 2.31. The number of nitrogens with zero attached hydrogens (tertiary/aromatic N) is 3. The molecule has 17 heavy (non-hydrogen) atoms. The molecule has 0 atom stereocenters. The van der Waals surface area contributed by atoms with Gasteiger partial charge in [-0.1, -0.05) is 0 Å². The normalized spacial score (nSPS) is 10.5. The van der Waals surface area contributed by atoms with Crippen molar-refractivity contribution in [2.45, 2.75) is 13.8 Å². The molecule has 1 aromatic heterocycles. The minimum Gasteiger partial charge on any atom is -0.427 e. The van der Waals surface area contributed by atoms with Gasteiger partial charge in [-0.2, -0.15) is 4.73 Å². The summed E-state index contributed by atoms with van der Waals surface area (Å²) in [5.41, 5.74) is 2.02. The van der Waals surface area contributed by atoms with E-state index in [1.165, 1.54) is 12.1 Å². The Labute approximate surface area is 97.3 Å². The fourth-order valence-corrected chi connectivity index (χ4v) is 1.52. The molecule has 1 aromatic carbocycles. The smallest absolute Gasteiger partial charge is 0.269 e. The highest BCUT2D eigenvalue weighted by atomic mass is 16.6. The lowest BCUT2D eigenvalue weighted by atomic mass is 10.2. The molecular formula is C11H11N3O3. The number of hydrogen-bond donors (Lipinski definition) is 1. The van der Waals surface area contributed by atoms with Crippen LogP contribution < -0.4 is 0 Å². The van der Waals surface area contributed by atoms with Crippen LogP contribution in [0.3, 0.4) is 0 Å².